The maximum Gasteiger partial charge on any atom is 0.276 e. The molecule has 0 atom stereocenters. The number of hydrogen-bond donors (Lipinski definition) is 1. The summed E-state index contributed by atoms with van der Waals surface area (Å²) in [6.45, 7) is 1.69. The van der Waals surface area contributed by atoms with Gasteiger partial charge in [0.2, 0.25) is 0 Å². The van der Waals surface area contributed by atoms with E-state index in [2.05, 4.69) is 9.93 Å². The smallest absolute Gasteiger partial charge is 0.200 e. The Bertz CT molecular complexity index is 728. The second-order valence-corrected chi connectivity index (χ2v) is 6.15. The molecule has 2 aromatic carbocycles. The Morgan fingerprint density at radius 3 is 2.30 bits per heavy atom. The van der Waals surface area contributed by atoms with E-state index in [1.807, 2.05) is 6.07 Å². The van der Waals surface area contributed by atoms with E-state index in [1.165, 1.54) is 12.1 Å². The quantitative estimate of drug-likeness (QED) is 0.697. The van der Waals surface area contributed by atoms with Gasteiger partial charge in [-0.15, -0.1) is 0 Å². The van der Waals surface area contributed by atoms with Crippen molar-refractivity contribution in [3.05, 3.63) is 65.2 Å². The Morgan fingerprint density at radius 1 is 1.05 bits per heavy atom. The van der Waals surface area contributed by atoms with Gasteiger partial charge in [0.05, 0.1) is 10.6 Å². The van der Waals surface area contributed by atoms with Crippen molar-refractivity contribution in [1.82, 2.24) is 4.83 Å². The molecule has 2 rings (SSSR count). The Balaban J connectivity index is 2.23. The molecule has 0 saturated carbocycles. The lowest BCUT2D eigenvalue weighted by Gasteiger charge is -2.06. The molecule has 0 saturated heterocycles. The molecule has 0 heterocycles. The van der Waals surface area contributed by atoms with E-state index in [4.69, 9.17) is 11.6 Å². The van der Waals surface area contributed by atoms with Gasteiger partial charge in [-0.05, 0) is 25.1 Å². The predicted octanol–water partition coefficient (Wildman–Crippen LogP) is 3.04. The Hall–Kier alpha value is -1.85. The molecule has 20 heavy (non-hydrogen) atoms. The molecule has 0 aliphatic heterocycles. The maximum absolute atomic E-state index is 12.0. The summed E-state index contributed by atoms with van der Waals surface area (Å²) in [4.78, 5) is 2.36. The molecule has 0 aliphatic carbocycles. The highest BCUT2D eigenvalue weighted by Gasteiger charge is 2.12. The minimum atomic E-state index is -3.66. The van der Waals surface area contributed by atoms with Crippen LogP contribution in [0.1, 0.15) is 12.5 Å². The van der Waals surface area contributed by atoms with Gasteiger partial charge in [0.1, 0.15) is 0 Å². The molecular formula is C14H13ClN2O2S. The lowest BCUT2D eigenvalue weighted by molar-refractivity contribution is 0.584. The summed E-state index contributed by atoms with van der Waals surface area (Å²) in [7, 11) is -3.66. The first-order valence-electron chi connectivity index (χ1n) is 5.87. The van der Waals surface area contributed by atoms with Gasteiger partial charge in [-0.3, -0.25) is 0 Å². The van der Waals surface area contributed by atoms with Gasteiger partial charge in [-0.2, -0.15) is 18.4 Å². The number of halogens is 1. The molecule has 0 fully saturated rings. The molecule has 1 N–H and O–H groups in total. The number of nitrogens with zero attached hydrogens (tertiary/aromatic N) is 1. The maximum atomic E-state index is 12.0. The fourth-order valence-corrected chi connectivity index (χ4v) is 2.75. The lowest BCUT2D eigenvalue weighted by Crippen LogP contribution is -2.19. The fourth-order valence-electron chi connectivity index (χ4n) is 1.60. The minimum absolute atomic E-state index is 0.163. The summed E-state index contributed by atoms with van der Waals surface area (Å²) in [6.07, 6.45) is 0. The molecule has 0 radical (unpaired) electrons. The van der Waals surface area contributed by atoms with E-state index in [9.17, 15) is 8.42 Å². The molecule has 2 aromatic rings. The van der Waals surface area contributed by atoms with Crippen molar-refractivity contribution in [2.24, 2.45) is 5.10 Å². The third-order valence-corrected chi connectivity index (χ3v) is 4.20. The Morgan fingerprint density at radius 2 is 1.65 bits per heavy atom. The standard InChI is InChI=1S/C14H13ClN2O2S/c1-11(13-9-5-6-10-14(13)15)16-17-20(18,19)12-7-3-2-4-8-12/h2-10,17H,1H3/b16-11+. The normalized spacial score (nSPS) is 12.2. The zero-order chi connectivity index (χ0) is 14.6. The van der Waals surface area contributed by atoms with Gasteiger partial charge in [0.15, 0.2) is 0 Å². The minimum Gasteiger partial charge on any atom is -0.200 e. The highest BCUT2D eigenvalue weighted by Crippen LogP contribution is 2.16. The zero-order valence-electron chi connectivity index (χ0n) is 10.7. The first-order chi connectivity index (χ1) is 9.50. The molecule has 0 aliphatic rings. The topological polar surface area (TPSA) is 58.5 Å². The summed E-state index contributed by atoms with van der Waals surface area (Å²) >= 11 is 6.03. The third kappa shape index (κ3) is 3.37. The van der Waals surface area contributed by atoms with E-state index in [-0.39, 0.29) is 4.90 Å². The van der Waals surface area contributed by atoms with Crippen molar-refractivity contribution in [2.45, 2.75) is 11.8 Å². The molecule has 0 spiro atoms. The van der Waals surface area contributed by atoms with Gasteiger partial charge >= 0.3 is 0 Å². The first kappa shape index (κ1) is 14.6. The molecule has 4 nitrogen and oxygen atoms in total. The second kappa shape index (κ2) is 6.07. The van der Waals surface area contributed by atoms with Crippen LogP contribution in [-0.4, -0.2) is 14.1 Å². The monoisotopic (exact) mass is 308 g/mol. The molecule has 6 heteroatoms. The summed E-state index contributed by atoms with van der Waals surface area (Å²) < 4.78 is 24.0. The summed E-state index contributed by atoms with van der Waals surface area (Å²) in [5.74, 6) is 0. The number of benzene rings is 2. The molecule has 104 valence electrons. The fraction of sp³-hybridized carbons (Fsp3) is 0.0714. The van der Waals surface area contributed by atoms with Crippen molar-refractivity contribution in [3.8, 4) is 0 Å². The van der Waals surface area contributed by atoms with Crippen molar-refractivity contribution >= 4 is 27.3 Å². The number of nitrogens with one attached hydrogen (secondary N) is 1. The molecule has 0 aromatic heterocycles. The van der Waals surface area contributed by atoms with Gasteiger partial charge in [-0.25, -0.2) is 0 Å². The first-order valence-corrected chi connectivity index (χ1v) is 7.73. The van der Waals surface area contributed by atoms with Crippen LogP contribution in [0.3, 0.4) is 0 Å². The van der Waals surface area contributed by atoms with E-state index < -0.39 is 10.0 Å². The van der Waals surface area contributed by atoms with Crippen molar-refractivity contribution in [3.63, 3.8) is 0 Å². The largest absolute Gasteiger partial charge is 0.276 e. The summed E-state index contributed by atoms with van der Waals surface area (Å²) in [5.41, 5.74) is 1.18. The number of hydrogen-bond acceptors (Lipinski definition) is 3. The highest BCUT2D eigenvalue weighted by atomic mass is 35.5. The number of rotatable bonds is 4. The third-order valence-electron chi connectivity index (χ3n) is 2.65. The van der Waals surface area contributed by atoms with E-state index in [0.29, 0.717) is 16.3 Å². The molecule has 0 amide bonds. The molecule has 0 bridgehead atoms. The van der Waals surface area contributed by atoms with Crippen LogP contribution >= 0.6 is 11.6 Å². The van der Waals surface area contributed by atoms with Gasteiger partial charge in [-0.1, -0.05) is 48.0 Å². The van der Waals surface area contributed by atoms with Crippen LogP contribution in [0.2, 0.25) is 5.02 Å². The van der Waals surface area contributed by atoms with Crippen LogP contribution in [0.4, 0.5) is 0 Å². The van der Waals surface area contributed by atoms with E-state index in [0.717, 1.165) is 0 Å². The molecule has 0 unspecified atom stereocenters. The summed E-state index contributed by atoms with van der Waals surface area (Å²) in [6, 6.07) is 15.2. The average Bonchev–Trinajstić information content (AvgIpc) is 2.46. The predicted molar refractivity (Wildman–Crippen MR) is 80.4 cm³/mol. The second-order valence-electron chi connectivity index (χ2n) is 4.08. The average molecular weight is 309 g/mol. The Kier molecular flexibility index (Phi) is 4.42. The SMILES string of the molecule is C/C(=N\NS(=O)(=O)c1ccccc1)c1ccccc1Cl. The zero-order valence-corrected chi connectivity index (χ0v) is 12.3. The van der Waals surface area contributed by atoms with E-state index >= 15 is 0 Å². The van der Waals surface area contributed by atoms with Crippen molar-refractivity contribution < 1.29 is 8.42 Å². The van der Waals surface area contributed by atoms with Gasteiger partial charge in [0, 0.05) is 10.6 Å². The Labute approximate surface area is 123 Å². The molecular weight excluding hydrogens is 296 g/mol. The van der Waals surface area contributed by atoms with Crippen LogP contribution < -0.4 is 4.83 Å². The van der Waals surface area contributed by atoms with E-state index in [1.54, 1.807) is 43.3 Å². The van der Waals surface area contributed by atoms with Crippen molar-refractivity contribution in [2.75, 3.05) is 0 Å². The number of hydrazone groups is 1. The lowest BCUT2D eigenvalue weighted by atomic mass is 10.1. The van der Waals surface area contributed by atoms with Crippen LogP contribution in [0.15, 0.2) is 64.6 Å². The van der Waals surface area contributed by atoms with Crippen LogP contribution in [0.5, 0.6) is 0 Å². The van der Waals surface area contributed by atoms with Gasteiger partial charge in [0.25, 0.3) is 10.0 Å². The van der Waals surface area contributed by atoms with Crippen molar-refractivity contribution in [1.29, 1.82) is 0 Å². The van der Waals surface area contributed by atoms with Crippen LogP contribution in [0, 0.1) is 0 Å². The highest BCUT2D eigenvalue weighted by molar-refractivity contribution is 7.89. The summed E-state index contributed by atoms with van der Waals surface area (Å²) in [5, 5.41) is 4.42. The number of sulfonamides is 1. The van der Waals surface area contributed by atoms with Crippen LogP contribution in [-0.2, 0) is 10.0 Å². The van der Waals surface area contributed by atoms with Gasteiger partial charge < -0.3 is 0 Å². The van der Waals surface area contributed by atoms with Crippen LogP contribution in [0.25, 0.3) is 0 Å².